The zero-order chi connectivity index (χ0) is 15.9. The minimum Gasteiger partial charge on any atom is -0.312 e. The van der Waals surface area contributed by atoms with Crippen LogP contribution < -0.4 is 5.32 Å². The van der Waals surface area contributed by atoms with Crippen molar-refractivity contribution in [2.45, 2.75) is 135 Å². The van der Waals surface area contributed by atoms with Gasteiger partial charge >= 0.3 is 0 Å². The second-order valence-corrected chi connectivity index (χ2v) is 7.73. The zero-order valence-electron chi connectivity index (χ0n) is 16.1. The molecule has 0 aromatic carbocycles. The molecule has 0 bridgehead atoms. The highest BCUT2D eigenvalue weighted by atomic mass is 35.5. The third kappa shape index (κ3) is 14.3. The SMILES string of the molecule is CCCCCCCCCCCCCCC[C@H]1CCC[C@H](C)N1.Cl. The van der Waals surface area contributed by atoms with E-state index in [1.807, 2.05) is 0 Å². The summed E-state index contributed by atoms with van der Waals surface area (Å²) in [6.45, 7) is 4.64. The highest BCUT2D eigenvalue weighted by molar-refractivity contribution is 5.85. The third-order valence-corrected chi connectivity index (χ3v) is 5.37. The van der Waals surface area contributed by atoms with Gasteiger partial charge in [0.2, 0.25) is 0 Å². The number of piperidine rings is 1. The molecule has 1 fully saturated rings. The summed E-state index contributed by atoms with van der Waals surface area (Å²) in [5.41, 5.74) is 0. The van der Waals surface area contributed by atoms with Gasteiger partial charge in [-0.1, -0.05) is 96.8 Å². The number of hydrogen-bond donors (Lipinski definition) is 1. The van der Waals surface area contributed by atoms with Gasteiger partial charge in [-0.3, -0.25) is 0 Å². The molecule has 2 heteroatoms. The molecule has 1 nitrogen and oxygen atoms in total. The zero-order valence-corrected chi connectivity index (χ0v) is 16.9. The highest BCUT2D eigenvalue weighted by Crippen LogP contribution is 2.18. The number of nitrogens with one attached hydrogen (secondary N) is 1. The highest BCUT2D eigenvalue weighted by Gasteiger charge is 2.16. The van der Waals surface area contributed by atoms with Gasteiger partial charge in [0.25, 0.3) is 0 Å². The lowest BCUT2D eigenvalue weighted by molar-refractivity contribution is 0.314. The lowest BCUT2D eigenvalue weighted by atomic mass is 9.95. The molecule has 0 unspecified atom stereocenters. The lowest BCUT2D eigenvalue weighted by Gasteiger charge is -2.28. The van der Waals surface area contributed by atoms with E-state index in [1.165, 1.54) is 109 Å². The summed E-state index contributed by atoms with van der Waals surface area (Å²) < 4.78 is 0. The predicted molar refractivity (Wildman–Crippen MR) is 108 cm³/mol. The van der Waals surface area contributed by atoms with Crippen LogP contribution in [0.1, 0.15) is 123 Å². The number of hydrogen-bond acceptors (Lipinski definition) is 1. The van der Waals surface area contributed by atoms with E-state index in [0.29, 0.717) is 0 Å². The molecule has 1 rings (SSSR count). The Morgan fingerprint density at radius 1 is 0.696 bits per heavy atom. The van der Waals surface area contributed by atoms with Crippen LogP contribution in [0.3, 0.4) is 0 Å². The van der Waals surface area contributed by atoms with E-state index in [0.717, 1.165) is 12.1 Å². The van der Waals surface area contributed by atoms with Crippen LogP contribution in [0.5, 0.6) is 0 Å². The lowest BCUT2D eigenvalue weighted by Crippen LogP contribution is -2.40. The van der Waals surface area contributed by atoms with Crippen molar-refractivity contribution >= 4 is 12.4 Å². The molecular formula is C21H44ClN. The van der Waals surface area contributed by atoms with Crippen molar-refractivity contribution in [1.82, 2.24) is 5.32 Å². The summed E-state index contributed by atoms with van der Waals surface area (Å²) in [6, 6.07) is 1.59. The maximum absolute atomic E-state index is 3.76. The van der Waals surface area contributed by atoms with Gasteiger partial charge in [0, 0.05) is 12.1 Å². The molecule has 1 aliphatic heterocycles. The van der Waals surface area contributed by atoms with Crippen molar-refractivity contribution in [2.24, 2.45) is 0 Å². The molecule has 140 valence electrons. The Labute approximate surface area is 153 Å². The maximum Gasteiger partial charge on any atom is 0.00695 e. The monoisotopic (exact) mass is 345 g/mol. The Kier molecular flexibility index (Phi) is 17.3. The van der Waals surface area contributed by atoms with Crippen LogP contribution in [0.4, 0.5) is 0 Å². The van der Waals surface area contributed by atoms with Gasteiger partial charge in [-0.25, -0.2) is 0 Å². The summed E-state index contributed by atoms with van der Waals surface area (Å²) in [7, 11) is 0. The van der Waals surface area contributed by atoms with Crippen LogP contribution in [0.15, 0.2) is 0 Å². The molecule has 0 aliphatic carbocycles. The predicted octanol–water partition coefficient (Wildman–Crippen LogP) is 7.42. The molecule has 1 heterocycles. The van der Waals surface area contributed by atoms with Gasteiger partial charge in [0.15, 0.2) is 0 Å². The van der Waals surface area contributed by atoms with E-state index >= 15 is 0 Å². The van der Waals surface area contributed by atoms with Crippen molar-refractivity contribution in [3.8, 4) is 0 Å². The first kappa shape index (κ1) is 23.2. The largest absolute Gasteiger partial charge is 0.312 e. The second-order valence-electron chi connectivity index (χ2n) is 7.73. The minimum atomic E-state index is 0. The fourth-order valence-electron chi connectivity index (χ4n) is 3.88. The smallest absolute Gasteiger partial charge is 0.00695 e. The molecule has 0 radical (unpaired) electrons. The molecule has 1 N–H and O–H groups in total. The molecule has 1 saturated heterocycles. The van der Waals surface area contributed by atoms with Gasteiger partial charge in [-0.15, -0.1) is 12.4 Å². The molecule has 23 heavy (non-hydrogen) atoms. The first-order valence-electron chi connectivity index (χ1n) is 10.6. The molecule has 0 amide bonds. The Bertz CT molecular complexity index is 232. The first-order valence-corrected chi connectivity index (χ1v) is 10.6. The third-order valence-electron chi connectivity index (χ3n) is 5.37. The van der Waals surface area contributed by atoms with Gasteiger partial charge < -0.3 is 5.32 Å². The van der Waals surface area contributed by atoms with E-state index in [4.69, 9.17) is 0 Å². The molecule has 0 saturated carbocycles. The average molecular weight is 346 g/mol. The van der Waals surface area contributed by atoms with E-state index in [-0.39, 0.29) is 12.4 Å². The Hall–Kier alpha value is 0.250. The van der Waals surface area contributed by atoms with Crippen molar-refractivity contribution in [2.75, 3.05) is 0 Å². The van der Waals surface area contributed by atoms with E-state index in [2.05, 4.69) is 19.2 Å². The average Bonchev–Trinajstić information content (AvgIpc) is 2.52. The number of unbranched alkanes of at least 4 members (excludes halogenated alkanes) is 12. The van der Waals surface area contributed by atoms with Crippen LogP contribution in [-0.2, 0) is 0 Å². The first-order chi connectivity index (χ1) is 10.8. The van der Waals surface area contributed by atoms with Gasteiger partial charge in [0.05, 0.1) is 0 Å². The molecule has 1 aliphatic rings. The van der Waals surface area contributed by atoms with Gasteiger partial charge in [-0.05, 0) is 26.2 Å². The Morgan fingerprint density at radius 3 is 1.65 bits per heavy atom. The van der Waals surface area contributed by atoms with Gasteiger partial charge in [0.1, 0.15) is 0 Å². The quantitative estimate of drug-likeness (QED) is 0.323. The van der Waals surface area contributed by atoms with Crippen LogP contribution in [0.25, 0.3) is 0 Å². The molecule has 2 atom stereocenters. The summed E-state index contributed by atoms with van der Waals surface area (Å²) in [6.07, 6.45) is 24.7. The normalized spacial score (nSPS) is 21.1. The van der Waals surface area contributed by atoms with Crippen LogP contribution in [0, 0.1) is 0 Å². The fraction of sp³-hybridized carbons (Fsp3) is 1.00. The summed E-state index contributed by atoms with van der Waals surface area (Å²) in [4.78, 5) is 0. The summed E-state index contributed by atoms with van der Waals surface area (Å²) >= 11 is 0. The molecule has 0 spiro atoms. The van der Waals surface area contributed by atoms with Crippen molar-refractivity contribution in [1.29, 1.82) is 0 Å². The van der Waals surface area contributed by atoms with E-state index in [9.17, 15) is 0 Å². The van der Waals surface area contributed by atoms with Gasteiger partial charge in [-0.2, -0.15) is 0 Å². The van der Waals surface area contributed by atoms with Crippen LogP contribution in [-0.4, -0.2) is 12.1 Å². The minimum absolute atomic E-state index is 0. The van der Waals surface area contributed by atoms with Crippen molar-refractivity contribution in [3.05, 3.63) is 0 Å². The second kappa shape index (κ2) is 17.1. The molecule has 0 aromatic rings. The summed E-state index contributed by atoms with van der Waals surface area (Å²) in [5, 5.41) is 3.76. The van der Waals surface area contributed by atoms with Crippen LogP contribution >= 0.6 is 12.4 Å². The van der Waals surface area contributed by atoms with Crippen molar-refractivity contribution in [3.63, 3.8) is 0 Å². The maximum atomic E-state index is 3.76. The number of halogens is 1. The van der Waals surface area contributed by atoms with Crippen molar-refractivity contribution < 1.29 is 0 Å². The topological polar surface area (TPSA) is 12.0 Å². The molecular weight excluding hydrogens is 302 g/mol. The summed E-state index contributed by atoms with van der Waals surface area (Å²) in [5.74, 6) is 0. The standard InChI is InChI=1S/C21H43N.ClH/c1-3-4-5-6-7-8-9-10-11-12-13-14-15-18-21-19-16-17-20(2)22-21;/h20-22H,3-19H2,1-2H3;1H/t20-,21-;/m0./s1. The van der Waals surface area contributed by atoms with E-state index in [1.54, 1.807) is 0 Å². The van der Waals surface area contributed by atoms with Crippen LogP contribution in [0.2, 0.25) is 0 Å². The van der Waals surface area contributed by atoms with E-state index < -0.39 is 0 Å². The number of rotatable bonds is 14. The molecule has 0 aromatic heterocycles. The Balaban J connectivity index is 0.00000484. The Morgan fingerprint density at radius 2 is 1.17 bits per heavy atom. The fourth-order valence-corrected chi connectivity index (χ4v) is 3.88.